The van der Waals surface area contributed by atoms with E-state index in [0.29, 0.717) is 27.1 Å². The van der Waals surface area contributed by atoms with Crippen LogP contribution in [0.3, 0.4) is 0 Å². The van der Waals surface area contributed by atoms with Gasteiger partial charge in [-0.05, 0) is 18.4 Å². The predicted octanol–water partition coefficient (Wildman–Crippen LogP) is 3.04. The first-order valence-corrected chi connectivity index (χ1v) is 7.28. The highest BCUT2D eigenvalue weighted by Gasteiger charge is 2.14. The van der Waals surface area contributed by atoms with Gasteiger partial charge in [0.05, 0.1) is 22.5 Å². The van der Waals surface area contributed by atoms with Gasteiger partial charge in [-0.2, -0.15) is 5.26 Å². The summed E-state index contributed by atoms with van der Waals surface area (Å²) in [6, 6.07) is 5.70. The molecule has 0 aromatic carbocycles. The first kappa shape index (κ1) is 12.9. The summed E-state index contributed by atoms with van der Waals surface area (Å²) in [5, 5.41) is 10.4. The number of hydrogen-bond donors (Lipinski definition) is 0. The monoisotopic (exact) mass is 301 g/mol. The molecule has 0 aliphatic carbocycles. The number of nitrogens with zero attached hydrogens (tertiary/aromatic N) is 5. The van der Waals surface area contributed by atoms with Crippen molar-refractivity contribution in [1.29, 1.82) is 5.26 Å². The number of rotatable bonds is 2. The first-order valence-electron chi connectivity index (χ1n) is 5.67. The van der Waals surface area contributed by atoms with Crippen molar-refractivity contribution in [3.63, 3.8) is 0 Å². The molecule has 0 radical (unpaired) electrons. The van der Waals surface area contributed by atoms with E-state index in [0.717, 1.165) is 5.69 Å². The fourth-order valence-electron chi connectivity index (χ4n) is 1.89. The van der Waals surface area contributed by atoms with Gasteiger partial charge in [-0.3, -0.25) is 4.40 Å². The van der Waals surface area contributed by atoms with Crippen LogP contribution in [0.25, 0.3) is 17.0 Å². The van der Waals surface area contributed by atoms with E-state index in [-0.39, 0.29) is 0 Å². The van der Waals surface area contributed by atoms with E-state index in [1.165, 1.54) is 18.0 Å². The van der Waals surface area contributed by atoms with Crippen LogP contribution in [0.15, 0.2) is 35.9 Å². The minimum atomic E-state index is 0.407. The van der Waals surface area contributed by atoms with Gasteiger partial charge in [0, 0.05) is 12.4 Å². The number of fused-ring (bicyclic) bond motifs is 1. The maximum atomic E-state index is 9.21. The molecule has 0 amide bonds. The Morgan fingerprint density at radius 1 is 1.35 bits per heavy atom. The van der Waals surface area contributed by atoms with Crippen LogP contribution in [0.1, 0.15) is 5.56 Å². The molecule has 98 valence electrons. The highest BCUT2D eigenvalue weighted by molar-refractivity contribution is 7.98. The van der Waals surface area contributed by atoms with Crippen molar-refractivity contribution in [2.24, 2.45) is 0 Å². The summed E-state index contributed by atoms with van der Waals surface area (Å²) in [6.45, 7) is 0. The average molecular weight is 302 g/mol. The molecule has 0 bridgehead atoms. The number of imidazole rings is 1. The summed E-state index contributed by atoms with van der Waals surface area (Å²) in [7, 11) is 0. The maximum Gasteiger partial charge on any atom is 0.187 e. The van der Waals surface area contributed by atoms with Crippen LogP contribution < -0.4 is 0 Å². The van der Waals surface area contributed by atoms with Crippen LogP contribution in [-0.2, 0) is 0 Å². The van der Waals surface area contributed by atoms with Gasteiger partial charge in [0.25, 0.3) is 0 Å². The number of nitriles is 1. The lowest BCUT2D eigenvalue weighted by molar-refractivity contribution is 0.961. The molecule has 3 aromatic heterocycles. The minimum Gasteiger partial charge on any atom is -0.297 e. The van der Waals surface area contributed by atoms with E-state index in [4.69, 9.17) is 11.6 Å². The molecule has 0 spiro atoms. The standard InChI is InChI=1S/C13H8ClN5S/c1-20-13-17-6-8(5-15)11(18-13)10-7-16-12-9(14)3-2-4-19(10)12/h2-4,6-7H,1H3. The molecule has 0 fully saturated rings. The SMILES string of the molecule is CSc1ncc(C#N)c(-c2cnc3c(Cl)cccn23)n1. The molecule has 0 saturated carbocycles. The third-order valence-electron chi connectivity index (χ3n) is 2.80. The number of thioether (sulfide) groups is 1. The fourth-order valence-corrected chi connectivity index (χ4v) is 2.45. The predicted molar refractivity (Wildman–Crippen MR) is 77.7 cm³/mol. The number of aromatic nitrogens is 4. The molecular weight excluding hydrogens is 294 g/mol. The number of halogens is 1. The number of hydrogen-bond acceptors (Lipinski definition) is 5. The summed E-state index contributed by atoms with van der Waals surface area (Å²) >= 11 is 7.53. The van der Waals surface area contributed by atoms with Gasteiger partial charge in [-0.1, -0.05) is 23.4 Å². The second-order valence-electron chi connectivity index (χ2n) is 3.92. The van der Waals surface area contributed by atoms with Gasteiger partial charge >= 0.3 is 0 Å². The van der Waals surface area contributed by atoms with Gasteiger partial charge in [0.2, 0.25) is 0 Å². The van der Waals surface area contributed by atoms with Crippen LogP contribution in [0, 0.1) is 11.3 Å². The summed E-state index contributed by atoms with van der Waals surface area (Å²) in [4.78, 5) is 12.8. The Morgan fingerprint density at radius 3 is 2.95 bits per heavy atom. The molecule has 5 nitrogen and oxygen atoms in total. The van der Waals surface area contributed by atoms with E-state index in [2.05, 4.69) is 21.0 Å². The van der Waals surface area contributed by atoms with Crippen molar-refractivity contribution < 1.29 is 0 Å². The smallest absolute Gasteiger partial charge is 0.187 e. The molecule has 3 aromatic rings. The Labute approximate surface area is 124 Å². The fraction of sp³-hybridized carbons (Fsp3) is 0.0769. The maximum absolute atomic E-state index is 9.21. The molecular formula is C13H8ClN5S. The van der Waals surface area contributed by atoms with Gasteiger partial charge in [-0.25, -0.2) is 15.0 Å². The summed E-state index contributed by atoms with van der Waals surface area (Å²) in [5.41, 5.74) is 2.32. The van der Waals surface area contributed by atoms with E-state index < -0.39 is 0 Å². The largest absolute Gasteiger partial charge is 0.297 e. The molecule has 0 aliphatic rings. The molecule has 7 heteroatoms. The molecule has 0 N–H and O–H groups in total. The molecule has 3 heterocycles. The highest BCUT2D eigenvalue weighted by atomic mass is 35.5. The zero-order chi connectivity index (χ0) is 14.1. The third kappa shape index (κ3) is 2.01. The second-order valence-corrected chi connectivity index (χ2v) is 5.10. The summed E-state index contributed by atoms with van der Waals surface area (Å²) in [6.07, 6.45) is 6.91. The first-order chi connectivity index (χ1) is 9.74. The van der Waals surface area contributed by atoms with Crippen LogP contribution in [0.5, 0.6) is 0 Å². The normalized spacial score (nSPS) is 10.7. The molecule has 0 saturated heterocycles. The van der Waals surface area contributed by atoms with E-state index >= 15 is 0 Å². The second kappa shape index (κ2) is 5.12. The highest BCUT2D eigenvalue weighted by Crippen LogP contribution is 2.26. The minimum absolute atomic E-state index is 0.407. The number of pyridine rings is 1. The van der Waals surface area contributed by atoms with Crippen molar-refractivity contribution in [3.8, 4) is 17.5 Å². The molecule has 0 aliphatic heterocycles. The van der Waals surface area contributed by atoms with E-state index in [1.54, 1.807) is 12.3 Å². The van der Waals surface area contributed by atoms with Crippen LogP contribution >= 0.6 is 23.4 Å². The molecule has 20 heavy (non-hydrogen) atoms. The lowest BCUT2D eigenvalue weighted by atomic mass is 10.2. The van der Waals surface area contributed by atoms with Gasteiger partial charge in [0.1, 0.15) is 11.8 Å². The lowest BCUT2D eigenvalue weighted by Crippen LogP contribution is -1.97. The van der Waals surface area contributed by atoms with Crippen molar-refractivity contribution in [2.45, 2.75) is 5.16 Å². The van der Waals surface area contributed by atoms with Gasteiger partial charge in [-0.15, -0.1) is 0 Å². The Bertz CT molecular complexity index is 836. The quantitative estimate of drug-likeness (QED) is 0.537. The van der Waals surface area contributed by atoms with Crippen LogP contribution in [0.2, 0.25) is 5.02 Å². The Balaban J connectivity index is 2.31. The lowest BCUT2D eigenvalue weighted by Gasteiger charge is -2.05. The zero-order valence-corrected chi connectivity index (χ0v) is 12.0. The zero-order valence-electron chi connectivity index (χ0n) is 10.4. The van der Waals surface area contributed by atoms with Crippen molar-refractivity contribution in [2.75, 3.05) is 6.26 Å². The topological polar surface area (TPSA) is 66.9 Å². The summed E-state index contributed by atoms with van der Waals surface area (Å²) in [5.74, 6) is 0. The Hall–Kier alpha value is -2.10. The van der Waals surface area contributed by atoms with Crippen molar-refractivity contribution >= 4 is 29.0 Å². The molecule has 0 atom stereocenters. The van der Waals surface area contributed by atoms with E-state index in [9.17, 15) is 5.26 Å². The van der Waals surface area contributed by atoms with Crippen molar-refractivity contribution in [1.82, 2.24) is 19.4 Å². The van der Waals surface area contributed by atoms with Gasteiger partial charge < -0.3 is 0 Å². The molecule has 3 rings (SSSR count). The average Bonchev–Trinajstić information content (AvgIpc) is 2.92. The summed E-state index contributed by atoms with van der Waals surface area (Å²) < 4.78 is 1.82. The van der Waals surface area contributed by atoms with Crippen LogP contribution in [-0.4, -0.2) is 25.6 Å². The van der Waals surface area contributed by atoms with Crippen molar-refractivity contribution in [3.05, 3.63) is 41.3 Å². The van der Waals surface area contributed by atoms with Crippen LogP contribution in [0.4, 0.5) is 0 Å². The van der Waals surface area contributed by atoms with Gasteiger partial charge in [0.15, 0.2) is 10.8 Å². The Morgan fingerprint density at radius 2 is 2.20 bits per heavy atom. The third-order valence-corrected chi connectivity index (χ3v) is 3.66. The molecule has 0 unspecified atom stereocenters. The Kier molecular flexibility index (Phi) is 3.30. The van der Waals surface area contributed by atoms with E-state index in [1.807, 2.05) is 22.9 Å².